The molecule has 2 aliphatic rings. The van der Waals surface area contributed by atoms with Gasteiger partial charge in [0.05, 0.1) is 12.7 Å². The predicted octanol–water partition coefficient (Wildman–Crippen LogP) is 3.17. The summed E-state index contributed by atoms with van der Waals surface area (Å²) < 4.78 is 5.92. The van der Waals surface area contributed by atoms with Gasteiger partial charge in [0.1, 0.15) is 0 Å². The zero-order valence-corrected chi connectivity index (χ0v) is 12.9. The minimum Gasteiger partial charge on any atom is -0.371 e. The maximum Gasteiger partial charge on any atom is 0.225 e. The van der Waals surface area contributed by atoms with Crippen LogP contribution in [0, 0.1) is 5.92 Å². The molecule has 0 bridgehead atoms. The predicted molar refractivity (Wildman–Crippen MR) is 82.9 cm³/mol. The van der Waals surface area contributed by atoms with Gasteiger partial charge < -0.3 is 9.64 Å². The Morgan fingerprint density at radius 1 is 1.19 bits per heavy atom. The third-order valence-corrected chi connectivity index (χ3v) is 4.85. The lowest BCUT2D eigenvalue weighted by molar-refractivity contribution is -0.137. The van der Waals surface area contributed by atoms with Gasteiger partial charge in [0.25, 0.3) is 0 Å². The van der Waals surface area contributed by atoms with Gasteiger partial charge in [-0.2, -0.15) is 0 Å². The van der Waals surface area contributed by atoms with Crippen LogP contribution in [0.2, 0.25) is 0 Å². The molecule has 0 N–H and O–H groups in total. The molecule has 1 saturated carbocycles. The number of carbonyl (C=O) groups is 1. The van der Waals surface area contributed by atoms with Crippen molar-refractivity contribution in [1.29, 1.82) is 0 Å². The fraction of sp³-hybridized carbons (Fsp3) is 0.611. The highest BCUT2D eigenvalue weighted by Gasteiger charge is 2.27. The lowest BCUT2D eigenvalue weighted by Crippen LogP contribution is -2.41. The molecule has 0 aromatic heterocycles. The summed E-state index contributed by atoms with van der Waals surface area (Å²) in [5.41, 5.74) is 2.65. The van der Waals surface area contributed by atoms with Gasteiger partial charge in [0, 0.05) is 25.9 Å². The highest BCUT2D eigenvalue weighted by Crippen LogP contribution is 2.26. The Labute approximate surface area is 127 Å². The van der Waals surface area contributed by atoms with Crippen LogP contribution < -0.4 is 0 Å². The fourth-order valence-corrected chi connectivity index (χ4v) is 3.58. The van der Waals surface area contributed by atoms with Gasteiger partial charge in [-0.1, -0.05) is 43.5 Å². The average molecular weight is 287 g/mol. The van der Waals surface area contributed by atoms with Crippen LogP contribution in [-0.4, -0.2) is 30.5 Å². The first-order valence-electron chi connectivity index (χ1n) is 8.17. The Balaban J connectivity index is 1.56. The molecule has 3 heteroatoms. The van der Waals surface area contributed by atoms with E-state index in [9.17, 15) is 4.79 Å². The van der Waals surface area contributed by atoms with Crippen LogP contribution in [0.5, 0.6) is 0 Å². The molecule has 1 aliphatic heterocycles. The number of rotatable bonds is 3. The van der Waals surface area contributed by atoms with E-state index in [0.29, 0.717) is 19.1 Å². The Hall–Kier alpha value is -1.35. The zero-order valence-electron chi connectivity index (χ0n) is 12.9. The minimum atomic E-state index is 0.137. The minimum absolute atomic E-state index is 0.137. The van der Waals surface area contributed by atoms with Crippen LogP contribution in [0.1, 0.15) is 43.2 Å². The second kappa shape index (κ2) is 6.61. The van der Waals surface area contributed by atoms with Gasteiger partial charge >= 0.3 is 0 Å². The molecule has 1 aliphatic carbocycles. The van der Waals surface area contributed by atoms with Crippen molar-refractivity contribution in [2.45, 2.75) is 51.2 Å². The Morgan fingerprint density at radius 3 is 2.67 bits per heavy atom. The molecule has 1 aromatic rings. The maximum absolute atomic E-state index is 12.5. The van der Waals surface area contributed by atoms with E-state index in [1.54, 1.807) is 0 Å². The largest absolute Gasteiger partial charge is 0.371 e. The summed E-state index contributed by atoms with van der Waals surface area (Å²) in [6.07, 6.45) is 6.89. The molecular weight excluding hydrogens is 262 g/mol. The number of amides is 1. The van der Waals surface area contributed by atoms with Gasteiger partial charge in [-0.3, -0.25) is 4.79 Å². The van der Waals surface area contributed by atoms with E-state index in [1.807, 2.05) is 11.9 Å². The van der Waals surface area contributed by atoms with Crippen molar-refractivity contribution < 1.29 is 9.53 Å². The van der Waals surface area contributed by atoms with Crippen molar-refractivity contribution in [1.82, 2.24) is 4.90 Å². The second-order valence-electron chi connectivity index (χ2n) is 6.46. The van der Waals surface area contributed by atoms with Crippen LogP contribution in [0.15, 0.2) is 24.3 Å². The first-order chi connectivity index (χ1) is 10.2. The Morgan fingerprint density at radius 2 is 1.90 bits per heavy atom. The van der Waals surface area contributed by atoms with Crippen LogP contribution in [-0.2, 0) is 22.6 Å². The topological polar surface area (TPSA) is 29.5 Å². The molecule has 114 valence electrons. The Kier molecular flexibility index (Phi) is 4.59. The molecule has 1 unspecified atom stereocenters. The quantitative estimate of drug-likeness (QED) is 0.854. The molecule has 1 amide bonds. The average Bonchev–Trinajstić information content (AvgIpc) is 2.55. The number of ether oxygens (including phenoxy) is 1. The summed E-state index contributed by atoms with van der Waals surface area (Å²) in [5, 5.41) is 0. The molecule has 3 rings (SSSR count). The zero-order chi connectivity index (χ0) is 14.7. The summed E-state index contributed by atoms with van der Waals surface area (Å²) in [5.74, 6) is 0.566. The number of likely N-dealkylation sites (N-methyl/N-ethyl adjacent to an activating group) is 1. The van der Waals surface area contributed by atoms with Crippen molar-refractivity contribution >= 4 is 5.91 Å². The Bertz CT molecular complexity index is 494. The summed E-state index contributed by atoms with van der Waals surface area (Å²) in [6, 6.07) is 8.44. The van der Waals surface area contributed by atoms with Crippen molar-refractivity contribution in [2.75, 3.05) is 13.6 Å². The van der Waals surface area contributed by atoms with E-state index in [0.717, 1.165) is 19.3 Å². The highest BCUT2D eigenvalue weighted by molar-refractivity contribution is 5.78. The summed E-state index contributed by atoms with van der Waals surface area (Å²) in [6.45, 7) is 1.38. The normalized spacial score (nSPS) is 22.6. The van der Waals surface area contributed by atoms with E-state index in [2.05, 4.69) is 24.3 Å². The molecule has 1 atom stereocenters. The molecule has 0 radical (unpaired) electrons. The monoisotopic (exact) mass is 287 g/mol. The van der Waals surface area contributed by atoms with Gasteiger partial charge in [0.15, 0.2) is 0 Å². The number of benzene rings is 1. The van der Waals surface area contributed by atoms with Crippen LogP contribution in [0.25, 0.3) is 0 Å². The first kappa shape index (κ1) is 14.6. The van der Waals surface area contributed by atoms with Crippen LogP contribution >= 0.6 is 0 Å². The lowest BCUT2D eigenvalue weighted by Gasteiger charge is -2.31. The van der Waals surface area contributed by atoms with Gasteiger partial charge in [-0.05, 0) is 24.0 Å². The fourth-order valence-electron chi connectivity index (χ4n) is 3.58. The van der Waals surface area contributed by atoms with E-state index in [4.69, 9.17) is 4.74 Å². The standard InChI is InChI=1S/C18H25NO2/c1-19(18(20)14-7-3-2-4-8-14)12-17-11-15-9-5-6-10-16(15)13-21-17/h5-6,9-10,14,17H,2-4,7-8,11-13H2,1H3. The number of nitrogens with zero attached hydrogens (tertiary/aromatic N) is 1. The molecule has 0 spiro atoms. The lowest BCUT2D eigenvalue weighted by atomic mass is 9.88. The van der Waals surface area contributed by atoms with Crippen LogP contribution in [0.4, 0.5) is 0 Å². The molecule has 3 nitrogen and oxygen atoms in total. The molecule has 1 aromatic carbocycles. The third-order valence-electron chi connectivity index (χ3n) is 4.85. The summed E-state index contributed by atoms with van der Waals surface area (Å²) in [7, 11) is 1.93. The molecular formula is C18H25NO2. The van der Waals surface area contributed by atoms with E-state index in [1.165, 1.54) is 30.4 Å². The van der Waals surface area contributed by atoms with Crippen molar-refractivity contribution in [3.8, 4) is 0 Å². The SMILES string of the molecule is CN(CC1Cc2ccccc2CO1)C(=O)C1CCCCC1. The van der Waals surface area contributed by atoms with E-state index >= 15 is 0 Å². The van der Waals surface area contributed by atoms with Crippen molar-refractivity contribution in [3.63, 3.8) is 0 Å². The van der Waals surface area contributed by atoms with Gasteiger partial charge in [0.2, 0.25) is 5.91 Å². The molecule has 1 heterocycles. The first-order valence-corrected chi connectivity index (χ1v) is 8.17. The van der Waals surface area contributed by atoms with Crippen molar-refractivity contribution in [2.24, 2.45) is 5.92 Å². The number of fused-ring (bicyclic) bond motifs is 1. The van der Waals surface area contributed by atoms with Gasteiger partial charge in [-0.25, -0.2) is 0 Å². The number of hydrogen-bond acceptors (Lipinski definition) is 2. The second-order valence-corrected chi connectivity index (χ2v) is 6.46. The highest BCUT2D eigenvalue weighted by atomic mass is 16.5. The summed E-state index contributed by atoms with van der Waals surface area (Å²) >= 11 is 0. The van der Waals surface area contributed by atoms with Gasteiger partial charge in [-0.15, -0.1) is 0 Å². The number of hydrogen-bond donors (Lipinski definition) is 0. The van der Waals surface area contributed by atoms with Crippen molar-refractivity contribution in [3.05, 3.63) is 35.4 Å². The molecule has 21 heavy (non-hydrogen) atoms. The molecule has 1 fully saturated rings. The third kappa shape index (κ3) is 3.46. The maximum atomic E-state index is 12.5. The van der Waals surface area contributed by atoms with E-state index in [-0.39, 0.29) is 12.0 Å². The van der Waals surface area contributed by atoms with Crippen LogP contribution in [0.3, 0.4) is 0 Å². The smallest absolute Gasteiger partial charge is 0.225 e. The number of carbonyl (C=O) groups excluding carboxylic acids is 1. The summed E-state index contributed by atoms with van der Waals surface area (Å²) in [4.78, 5) is 14.4. The van der Waals surface area contributed by atoms with E-state index < -0.39 is 0 Å². The molecule has 0 saturated heterocycles.